The lowest BCUT2D eigenvalue weighted by Crippen LogP contribution is -2.11. The summed E-state index contributed by atoms with van der Waals surface area (Å²) in [4.78, 5) is 0.148. The van der Waals surface area contributed by atoms with Gasteiger partial charge in [-0.05, 0) is 12.1 Å². The second-order valence-electron chi connectivity index (χ2n) is 3.57. The normalized spacial score (nSPS) is 9.61. The lowest BCUT2D eigenvalue weighted by atomic mass is 10.2. The molecule has 1 aromatic rings. The summed E-state index contributed by atoms with van der Waals surface area (Å²) in [5.74, 6) is 0. The van der Waals surface area contributed by atoms with Crippen molar-refractivity contribution in [2.45, 2.75) is 58.3 Å². The highest BCUT2D eigenvalue weighted by Crippen LogP contribution is 2.03. The van der Waals surface area contributed by atoms with E-state index in [2.05, 4.69) is 13.8 Å². The molecule has 0 aliphatic rings. The SMILES string of the molecule is CC.CCCCCC.NS(=O)(=O)c1ccccc1. The van der Waals surface area contributed by atoms with Crippen LogP contribution in [-0.4, -0.2) is 8.42 Å². The first-order valence-electron chi connectivity index (χ1n) is 6.60. The van der Waals surface area contributed by atoms with Gasteiger partial charge >= 0.3 is 0 Å². The topological polar surface area (TPSA) is 60.2 Å². The van der Waals surface area contributed by atoms with Crippen molar-refractivity contribution in [3.63, 3.8) is 0 Å². The Kier molecular flexibility index (Phi) is 13.6. The number of nitrogens with two attached hydrogens (primary N) is 1. The van der Waals surface area contributed by atoms with Gasteiger partial charge in [0.15, 0.2) is 0 Å². The van der Waals surface area contributed by atoms with Crippen LogP contribution in [0.1, 0.15) is 53.4 Å². The minimum absolute atomic E-state index is 0.148. The van der Waals surface area contributed by atoms with Crippen LogP contribution >= 0.6 is 0 Å². The maximum absolute atomic E-state index is 10.6. The first-order valence-corrected chi connectivity index (χ1v) is 8.14. The third kappa shape index (κ3) is 11.6. The molecule has 0 spiro atoms. The maximum Gasteiger partial charge on any atom is 0.238 e. The molecule has 0 fully saturated rings. The second-order valence-corrected chi connectivity index (χ2v) is 5.13. The lowest BCUT2D eigenvalue weighted by molar-refractivity contribution is 0.598. The summed E-state index contributed by atoms with van der Waals surface area (Å²) in [5, 5.41) is 4.83. The van der Waals surface area contributed by atoms with Crippen LogP contribution in [0.3, 0.4) is 0 Å². The molecule has 0 aliphatic heterocycles. The van der Waals surface area contributed by atoms with Crippen LogP contribution in [-0.2, 0) is 10.0 Å². The zero-order valence-electron chi connectivity index (χ0n) is 12.0. The van der Waals surface area contributed by atoms with E-state index in [1.165, 1.54) is 37.8 Å². The minimum atomic E-state index is -3.50. The number of hydrogen-bond donors (Lipinski definition) is 1. The largest absolute Gasteiger partial charge is 0.238 e. The Morgan fingerprint density at radius 1 is 0.944 bits per heavy atom. The average Bonchev–Trinajstić information content (AvgIpc) is 2.39. The number of hydrogen-bond acceptors (Lipinski definition) is 2. The van der Waals surface area contributed by atoms with Gasteiger partial charge in [-0.3, -0.25) is 0 Å². The van der Waals surface area contributed by atoms with E-state index in [1.807, 2.05) is 13.8 Å². The summed E-state index contributed by atoms with van der Waals surface area (Å²) in [6.45, 7) is 8.46. The fourth-order valence-electron chi connectivity index (χ4n) is 1.11. The molecule has 0 radical (unpaired) electrons. The molecule has 0 saturated carbocycles. The fraction of sp³-hybridized carbons (Fsp3) is 0.571. The van der Waals surface area contributed by atoms with E-state index in [9.17, 15) is 8.42 Å². The highest BCUT2D eigenvalue weighted by atomic mass is 32.2. The monoisotopic (exact) mass is 273 g/mol. The van der Waals surface area contributed by atoms with Crippen LogP contribution in [0.25, 0.3) is 0 Å². The third-order valence-electron chi connectivity index (χ3n) is 2.03. The predicted molar refractivity (Wildman–Crippen MR) is 79.0 cm³/mol. The van der Waals surface area contributed by atoms with Gasteiger partial charge in [-0.15, -0.1) is 0 Å². The summed E-state index contributed by atoms with van der Waals surface area (Å²) in [6, 6.07) is 7.89. The van der Waals surface area contributed by atoms with Gasteiger partial charge in [0, 0.05) is 0 Å². The Labute approximate surface area is 112 Å². The van der Waals surface area contributed by atoms with Crippen molar-refractivity contribution in [2.24, 2.45) is 5.14 Å². The fourth-order valence-corrected chi connectivity index (χ4v) is 1.65. The van der Waals surface area contributed by atoms with Crippen molar-refractivity contribution >= 4 is 10.0 Å². The van der Waals surface area contributed by atoms with Crippen LogP contribution < -0.4 is 5.14 Å². The molecular formula is C14H27NO2S. The van der Waals surface area contributed by atoms with Crippen molar-refractivity contribution in [3.05, 3.63) is 30.3 Å². The molecule has 0 heterocycles. The predicted octanol–water partition coefficient (Wildman–Crippen LogP) is 3.95. The van der Waals surface area contributed by atoms with Gasteiger partial charge in [0.1, 0.15) is 0 Å². The first-order chi connectivity index (χ1) is 8.52. The first kappa shape index (κ1) is 19.5. The van der Waals surface area contributed by atoms with E-state index in [0.29, 0.717) is 0 Å². The van der Waals surface area contributed by atoms with Crippen LogP contribution in [0.2, 0.25) is 0 Å². The number of benzene rings is 1. The molecule has 0 aromatic heterocycles. The summed E-state index contributed by atoms with van der Waals surface area (Å²) >= 11 is 0. The minimum Gasteiger partial charge on any atom is -0.225 e. The van der Waals surface area contributed by atoms with Crippen molar-refractivity contribution in [1.29, 1.82) is 0 Å². The quantitative estimate of drug-likeness (QED) is 0.844. The Bertz CT molecular complexity index is 357. The van der Waals surface area contributed by atoms with Crippen molar-refractivity contribution in [2.75, 3.05) is 0 Å². The zero-order valence-corrected chi connectivity index (χ0v) is 12.8. The molecule has 0 amide bonds. The molecular weight excluding hydrogens is 246 g/mol. The number of rotatable bonds is 4. The highest BCUT2D eigenvalue weighted by molar-refractivity contribution is 7.89. The molecule has 18 heavy (non-hydrogen) atoms. The van der Waals surface area contributed by atoms with E-state index in [0.717, 1.165) is 0 Å². The van der Waals surface area contributed by atoms with Gasteiger partial charge in [0.05, 0.1) is 4.90 Å². The molecule has 106 valence electrons. The van der Waals surface area contributed by atoms with Gasteiger partial charge in [-0.2, -0.15) is 0 Å². The summed E-state index contributed by atoms with van der Waals surface area (Å²) in [5.41, 5.74) is 0. The van der Waals surface area contributed by atoms with E-state index in [-0.39, 0.29) is 4.90 Å². The van der Waals surface area contributed by atoms with Crippen LogP contribution in [0.4, 0.5) is 0 Å². The van der Waals surface area contributed by atoms with Crippen LogP contribution in [0.5, 0.6) is 0 Å². The molecule has 0 unspecified atom stereocenters. The smallest absolute Gasteiger partial charge is 0.225 e. The third-order valence-corrected chi connectivity index (χ3v) is 2.96. The summed E-state index contributed by atoms with van der Waals surface area (Å²) in [7, 11) is -3.50. The summed E-state index contributed by atoms with van der Waals surface area (Å²) < 4.78 is 21.2. The van der Waals surface area contributed by atoms with E-state index < -0.39 is 10.0 Å². The number of unbranched alkanes of at least 4 members (excludes halogenated alkanes) is 3. The van der Waals surface area contributed by atoms with Crippen molar-refractivity contribution in [3.8, 4) is 0 Å². The van der Waals surface area contributed by atoms with E-state index >= 15 is 0 Å². The zero-order chi connectivity index (χ0) is 14.4. The highest BCUT2D eigenvalue weighted by Gasteiger charge is 2.03. The van der Waals surface area contributed by atoms with E-state index in [1.54, 1.807) is 18.2 Å². The number of primary sulfonamides is 1. The molecule has 0 aliphatic carbocycles. The van der Waals surface area contributed by atoms with Gasteiger partial charge in [0.2, 0.25) is 10.0 Å². The van der Waals surface area contributed by atoms with E-state index in [4.69, 9.17) is 5.14 Å². The molecule has 2 N–H and O–H groups in total. The van der Waals surface area contributed by atoms with Crippen LogP contribution in [0.15, 0.2) is 35.2 Å². The van der Waals surface area contributed by atoms with Crippen molar-refractivity contribution < 1.29 is 8.42 Å². The standard InChI is InChI=1S/C6H7NO2S.C6H14.C2H6/c7-10(8,9)6-4-2-1-3-5-6;1-3-5-6-4-2;1-2/h1-5H,(H2,7,8,9);3-6H2,1-2H3;1-2H3. The Morgan fingerprint density at radius 3 is 1.56 bits per heavy atom. The second kappa shape index (κ2) is 12.6. The molecule has 0 atom stereocenters. The maximum atomic E-state index is 10.6. The van der Waals surface area contributed by atoms with Crippen molar-refractivity contribution in [1.82, 2.24) is 0 Å². The van der Waals surface area contributed by atoms with Gasteiger partial charge in [0.25, 0.3) is 0 Å². The molecule has 1 aromatic carbocycles. The van der Waals surface area contributed by atoms with Gasteiger partial charge in [-0.1, -0.05) is 71.6 Å². The Hall–Kier alpha value is -0.870. The average molecular weight is 273 g/mol. The van der Waals surface area contributed by atoms with Crippen LogP contribution in [0, 0.1) is 0 Å². The molecule has 1 rings (SSSR count). The molecule has 3 nitrogen and oxygen atoms in total. The molecule has 4 heteroatoms. The molecule has 0 bridgehead atoms. The van der Waals surface area contributed by atoms with Gasteiger partial charge < -0.3 is 0 Å². The molecule has 0 saturated heterocycles. The summed E-state index contributed by atoms with van der Waals surface area (Å²) in [6.07, 6.45) is 5.54. The Balaban J connectivity index is 0. The van der Waals surface area contributed by atoms with Gasteiger partial charge in [-0.25, -0.2) is 13.6 Å². The lowest BCUT2D eigenvalue weighted by Gasteiger charge is -1.93. The Morgan fingerprint density at radius 2 is 1.33 bits per heavy atom. The number of sulfonamides is 1.